The molecule has 1 saturated carbocycles. The number of hydrogen-bond donors (Lipinski definition) is 2. The number of para-hydroxylation sites is 1. The summed E-state index contributed by atoms with van der Waals surface area (Å²) >= 11 is 5.70. The van der Waals surface area contributed by atoms with E-state index in [4.69, 9.17) is 11.6 Å². The zero-order valence-corrected chi connectivity index (χ0v) is 14.4. The second-order valence-corrected chi connectivity index (χ2v) is 6.47. The van der Waals surface area contributed by atoms with E-state index in [0.717, 1.165) is 17.7 Å². The summed E-state index contributed by atoms with van der Waals surface area (Å²) in [6.45, 7) is 2.02. The van der Waals surface area contributed by atoms with Crippen molar-refractivity contribution in [3.8, 4) is 0 Å². The maximum Gasteiger partial charge on any atom is 0.228 e. The molecule has 0 spiro atoms. The van der Waals surface area contributed by atoms with Crippen molar-refractivity contribution in [2.24, 2.45) is 11.8 Å². The fraction of sp³-hybridized carbons (Fsp3) is 0.263. The maximum atomic E-state index is 13.1. The van der Waals surface area contributed by atoms with Crippen molar-refractivity contribution in [2.45, 2.75) is 19.8 Å². The Bertz CT molecular complexity index is 825. The Balaban J connectivity index is 1.58. The third-order valence-corrected chi connectivity index (χ3v) is 4.60. The molecular formula is C19H18ClFN2O2. The first-order valence-electron chi connectivity index (χ1n) is 8.14. The Morgan fingerprint density at radius 3 is 2.48 bits per heavy atom. The third kappa shape index (κ3) is 3.99. The molecule has 4 nitrogen and oxygen atoms in total. The zero-order chi connectivity index (χ0) is 18.0. The second-order valence-electron chi connectivity index (χ2n) is 6.07. The van der Waals surface area contributed by atoms with E-state index in [9.17, 15) is 14.0 Å². The van der Waals surface area contributed by atoms with Gasteiger partial charge < -0.3 is 10.6 Å². The largest absolute Gasteiger partial charge is 0.326 e. The zero-order valence-electron chi connectivity index (χ0n) is 13.7. The highest BCUT2D eigenvalue weighted by Crippen LogP contribution is 2.40. The first-order chi connectivity index (χ1) is 12.0. The molecule has 0 aliphatic heterocycles. The Hall–Kier alpha value is -2.40. The molecule has 2 aromatic rings. The average molecular weight is 361 g/mol. The van der Waals surface area contributed by atoms with Gasteiger partial charge in [-0.3, -0.25) is 9.59 Å². The molecule has 2 aromatic carbocycles. The Morgan fingerprint density at radius 2 is 1.80 bits per heavy atom. The van der Waals surface area contributed by atoms with Crippen molar-refractivity contribution in [2.75, 3.05) is 10.6 Å². The number of hydrogen-bond acceptors (Lipinski definition) is 2. The highest BCUT2D eigenvalue weighted by molar-refractivity contribution is 6.31. The number of carbonyl (C=O) groups excluding carboxylic acids is 2. The lowest BCUT2D eigenvalue weighted by Crippen LogP contribution is -2.21. The van der Waals surface area contributed by atoms with E-state index in [2.05, 4.69) is 10.6 Å². The molecule has 25 heavy (non-hydrogen) atoms. The van der Waals surface area contributed by atoms with Crippen molar-refractivity contribution in [3.63, 3.8) is 0 Å². The van der Waals surface area contributed by atoms with Crippen LogP contribution in [-0.2, 0) is 16.0 Å². The molecule has 1 aliphatic carbocycles. The average Bonchev–Trinajstić information content (AvgIpc) is 3.39. The van der Waals surface area contributed by atoms with Crippen LogP contribution in [0.25, 0.3) is 0 Å². The molecular weight excluding hydrogens is 343 g/mol. The van der Waals surface area contributed by atoms with E-state index < -0.39 is 5.82 Å². The van der Waals surface area contributed by atoms with E-state index in [0.29, 0.717) is 12.1 Å². The highest BCUT2D eigenvalue weighted by atomic mass is 35.5. The lowest BCUT2D eigenvalue weighted by Gasteiger charge is -2.09. The van der Waals surface area contributed by atoms with Crippen LogP contribution in [0.4, 0.5) is 15.8 Å². The van der Waals surface area contributed by atoms with Gasteiger partial charge in [0.25, 0.3) is 0 Å². The quantitative estimate of drug-likeness (QED) is 0.837. The Morgan fingerprint density at radius 1 is 1.12 bits per heavy atom. The van der Waals surface area contributed by atoms with E-state index >= 15 is 0 Å². The van der Waals surface area contributed by atoms with Crippen LogP contribution < -0.4 is 10.6 Å². The van der Waals surface area contributed by atoms with Crippen LogP contribution in [0.5, 0.6) is 0 Å². The minimum absolute atomic E-state index is 0.0564. The monoisotopic (exact) mass is 360 g/mol. The minimum Gasteiger partial charge on any atom is -0.326 e. The molecule has 3 rings (SSSR count). The summed E-state index contributed by atoms with van der Waals surface area (Å²) in [6, 6.07) is 11.6. The molecule has 0 aromatic heterocycles. The van der Waals surface area contributed by atoms with E-state index in [1.165, 1.54) is 18.2 Å². The predicted molar refractivity (Wildman–Crippen MR) is 96.1 cm³/mol. The molecule has 2 N–H and O–H groups in total. The lowest BCUT2D eigenvalue weighted by molar-refractivity contribution is -0.122. The summed E-state index contributed by atoms with van der Waals surface area (Å²) < 4.78 is 13.1. The van der Waals surface area contributed by atoms with Gasteiger partial charge in [0, 0.05) is 11.4 Å². The number of benzene rings is 2. The van der Waals surface area contributed by atoms with Gasteiger partial charge in [-0.15, -0.1) is 0 Å². The smallest absolute Gasteiger partial charge is 0.228 e. The van der Waals surface area contributed by atoms with Gasteiger partial charge >= 0.3 is 0 Å². The Kier molecular flexibility index (Phi) is 5.04. The van der Waals surface area contributed by atoms with Crippen LogP contribution >= 0.6 is 11.6 Å². The van der Waals surface area contributed by atoms with Crippen LogP contribution in [0, 0.1) is 17.7 Å². The number of carbonyl (C=O) groups is 2. The fourth-order valence-corrected chi connectivity index (χ4v) is 2.94. The van der Waals surface area contributed by atoms with Crippen molar-refractivity contribution in [1.29, 1.82) is 0 Å². The molecule has 0 bridgehead atoms. The summed E-state index contributed by atoms with van der Waals surface area (Å²) in [7, 11) is 0. The van der Waals surface area contributed by atoms with Crippen molar-refractivity contribution in [1.82, 2.24) is 0 Å². The molecule has 2 amide bonds. The standard InChI is InChI=1S/C19H18ClFN2O2/c1-2-11-5-3-4-6-17(11)23-19(25)14-10-13(14)18(24)22-12-7-8-16(21)15(20)9-12/h3-9,13-14H,2,10H2,1H3,(H,22,24)(H,23,25). The first kappa shape index (κ1) is 17.4. The molecule has 130 valence electrons. The highest BCUT2D eigenvalue weighted by Gasteiger charge is 2.48. The predicted octanol–water partition coefficient (Wildman–Crippen LogP) is 4.25. The summed E-state index contributed by atoms with van der Waals surface area (Å²) in [5.74, 6) is -1.68. The van der Waals surface area contributed by atoms with Crippen molar-refractivity contribution < 1.29 is 14.0 Å². The summed E-state index contributed by atoms with van der Waals surface area (Å²) in [4.78, 5) is 24.6. The van der Waals surface area contributed by atoms with Gasteiger partial charge in [-0.1, -0.05) is 36.7 Å². The Labute approximate surface area is 150 Å². The lowest BCUT2D eigenvalue weighted by atomic mass is 10.1. The number of aryl methyl sites for hydroxylation is 1. The second kappa shape index (κ2) is 7.23. The van der Waals surface area contributed by atoms with Crippen LogP contribution in [0.15, 0.2) is 42.5 Å². The van der Waals surface area contributed by atoms with Gasteiger partial charge in [0.2, 0.25) is 11.8 Å². The fourth-order valence-electron chi connectivity index (χ4n) is 2.76. The van der Waals surface area contributed by atoms with Crippen LogP contribution in [-0.4, -0.2) is 11.8 Å². The summed E-state index contributed by atoms with van der Waals surface area (Å²) in [5.41, 5.74) is 2.25. The molecule has 0 heterocycles. The minimum atomic E-state index is -0.544. The van der Waals surface area contributed by atoms with Crippen molar-refractivity contribution >= 4 is 34.8 Å². The van der Waals surface area contributed by atoms with Gasteiger partial charge in [-0.2, -0.15) is 0 Å². The van der Waals surface area contributed by atoms with E-state index in [-0.39, 0.29) is 28.7 Å². The molecule has 0 saturated heterocycles. The van der Waals surface area contributed by atoms with Gasteiger partial charge in [-0.05, 0) is 42.7 Å². The van der Waals surface area contributed by atoms with Gasteiger partial charge in [0.15, 0.2) is 0 Å². The van der Waals surface area contributed by atoms with Crippen LogP contribution in [0.3, 0.4) is 0 Å². The third-order valence-electron chi connectivity index (χ3n) is 4.31. The van der Waals surface area contributed by atoms with Crippen LogP contribution in [0.1, 0.15) is 18.9 Å². The maximum absolute atomic E-state index is 13.1. The number of rotatable bonds is 5. The summed E-state index contributed by atoms with van der Waals surface area (Å²) in [6.07, 6.45) is 1.32. The molecule has 1 fully saturated rings. The SMILES string of the molecule is CCc1ccccc1NC(=O)C1CC1C(=O)Nc1ccc(F)c(Cl)c1. The number of halogens is 2. The summed E-state index contributed by atoms with van der Waals surface area (Å²) in [5, 5.41) is 5.52. The van der Waals surface area contributed by atoms with Gasteiger partial charge in [0.05, 0.1) is 16.9 Å². The van der Waals surface area contributed by atoms with E-state index in [1.807, 2.05) is 31.2 Å². The number of nitrogens with one attached hydrogen (secondary N) is 2. The van der Waals surface area contributed by atoms with Gasteiger partial charge in [0.1, 0.15) is 5.82 Å². The normalized spacial score (nSPS) is 18.5. The molecule has 1 aliphatic rings. The first-order valence-corrected chi connectivity index (χ1v) is 8.52. The number of anilines is 2. The van der Waals surface area contributed by atoms with Gasteiger partial charge in [-0.25, -0.2) is 4.39 Å². The topological polar surface area (TPSA) is 58.2 Å². The molecule has 0 radical (unpaired) electrons. The molecule has 2 atom stereocenters. The van der Waals surface area contributed by atoms with E-state index in [1.54, 1.807) is 0 Å². The molecule has 6 heteroatoms. The molecule has 2 unspecified atom stereocenters. The number of amides is 2. The van der Waals surface area contributed by atoms with Crippen molar-refractivity contribution in [3.05, 3.63) is 58.9 Å². The van der Waals surface area contributed by atoms with Crippen LogP contribution in [0.2, 0.25) is 5.02 Å².